The molecule has 0 bridgehead atoms. The first-order valence-corrected chi connectivity index (χ1v) is 5.71. The van der Waals surface area contributed by atoms with Crippen LogP contribution in [-0.2, 0) is 0 Å². The van der Waals surface area contributed by atoms with Gasteiger partial charge in [-0.3, -0.25) is 0 Å². The highest BCUT2D eigenvalue weighted by atomic mass is 16.5. The Balaban J connectivity index is 1.80. The molecule has 1 aliphatic carbocycles. The summed E-state index contributed by atoms with van der Waals surface area (Å²) in [5.74, 6) is 1.57. The molecule has 1 saturated carbocycles. The molecule has 0 aliphatic heterocycles. The maximum Gasteiger partial charge on any atom is 0.213 e. The van der Waals surface area contributed by atoms with Crippen molar-refractivity contribution in [3.05, 3.63) is 18.3 Å². The Labute approximate surface area is 90.9 Å². The predicted octanol–water partition coefficient (Wildman–Crippen LogP) is 2.69. The van der Waals surface area contributed by atoms with E-state index in [0.717, 1.165) is 18.2 Å². The van der Waals surface area contributed by atoms with Crippen molar-refractivity contribution in [3.63, 3.8) is 0 Å². The fourth-order valence-corrected chi connectivity index (χ4v) is 1.68. The highest BCUT2D eigenvalue weighted by Gasteiger charge is 2.16. The van der Waals surface area contributed by atoms with Crippen LogP contribution in [0.25, 0.3) is 0 Å². The number of hydrogen-bond donors (Lipinski definition) is 1. The number of anilines is 1. The number of nitrogens with one attached hydrogen (secondary N) is 1. The molecule has 82 valence electrons. The molecule has 0 amide bonds. The Kier molecular flexibility index (Phi) is 3.43. The van der Waals surface area contributed by atoms with Gasteiger partial charge in [0.2, 0.25) is 5.88 Å². The molecule has 1 aliphatic rings. The smallest absolute Gasteiger partial charge is 0.213 e. The van der Waals surface area contributed by atoms with Crippen LogP contribution in [0.4, 0.5) is 5.69 Å². The van der Waals surface area contributed by atoms with E-state index in [-0.39, 0.29) is 0 Å². The Hall–Kier alpha value is -1.25. The molecular weight excluding hydrogens is 188 g/mol. The lowest BCUT2D eigenvalue weighted by atomic mass is 9.85. The SMILES string of the molecule is CCOc1ccc(NCC2CCC2)cn1. The van der Waals surface area contributed by atoms with Gasteiger partial charge in [-0.25, -0.2) is 4.98 Å². The summed E-state index contributed by atoms with van der Waals surface area (Å²) in [6, 6.07) is 3.93. The van der Waals surface area contributed by atoms with Crippen LogP contribution in [0.5, 0.6) is 5.88 Å². The minimum Gasteiger partial charge on any atom is -0.478 e. The minimum absolute atomic E-state index is 0.669. The van der Waals surface area contributed by atoms with E-state index in [1.165, 1.54) is 19.3 Å². The van der Waals surface area contributed by atoms with Gasteiger partial charge in [0, 0.05) is 12.6 Å². The summed E-state index contributed by atoms with van der Waals surface area (Å²) in [6.07, 6.45) is 5.98. The summed E-state index contributed by atoms with van der Waals surface area (Å²) in [5.41, 5.74) is 1.09. The normalized spacial score (nSPS) is 15.8. The summed E-state index contributed by atoms with van der Waals surface area (Å²) >= 11 is 0. The lowest BCUT2D eigenvalue weighted by Crippen LogP contribution is -2.20. The van der Waals surface area contributed by atoms with E-state index in [4.69, 9.17) is 4.74 Å². The maximum atomic E-state index is 5.28. The van der Waals surface area contributed by atoms with E-state index in [1.807, 2.05) is 25.3 Å². The quantitative estimate of drug-likeness (QED) is 0.804. The summed E-state index contributed by atoms with van der Waals surface area (Å²) in [6.45, 7) is 3.71. The van der Waals surface area contributed by atoms with Gasteiger partial charge >= 0.3 is 0 Å². The van der Waals surface area contributed by atoms with Crippen LogP contribution in [0.2, 0.25) is 0 Å². The van der Waals surface area contributed by atoms with Gasteiger partial charge in [-0.05, 0) is 31.7 Å². The molecule has 0 aromatic carbocycles. The van der Waals surface area contributed by atoms with E-state index in [2.05, 4.69) is 10.3 Å². The number of aromatic nitrogens is 1. The zero-order chi connectivity index (χ0) is 10.5. The van der Waals surface area contributed by atoms with Crippen molar-refractivity contribution in [2.24, 2.45) is 5.92 Å². The second-order valence-corrected chi connectivity index (χ2v) is 4.00. The van der Waals surface area contributed by atoms with E-state index in [1.54, 1.807) is 0 Å². The first-order valence-electron chi connectivity index (χ1n) is 5.71. The molecule has 0 spiro atoms. The number of pyridine rings is 1. The Morgan fingerprint density at radius 1 is 1.47 bits per heavy atom. The van der Waals surface area contributed by atoms with Crippen LogP contribution >= 0.6 is 0 Å². The van der Waals surface area contributed by atoms with Crippen LogP contribution < -0.4 is 10.1 Å². The standard InChI is InChI=1S/C12H18N2O/c1-2-15-12-7-6-11(9-14-12)13-8-10-4-3-5-10/h6-7,9-10,13H,2-5,8H2,1H3. The second-order valence-electron chi connectivity index (χ2n) is 4.00. The second kappa shape index (κ2) is 5.01. The van der Waals surface area contributed by atoms with Gasteiger partial charge in [-0.2, -0.15) is 0 Å². The van der Waals surface area contributed by atoms with Crippen molar-refractivity contribution in [1.82, 2.24) is 4.98 Å². The average Bonchev–Trinajstić information content (AvgIpc) is 2.19. The van der Waals surface area contributed by atoms with Gasteiger partial charge in [0.15, 0.2) is 0 Å². The topological polar surface area (TPSA) is 34.1 Å². The van der Waals surface area contributed by atoms with E-state index >= 15 is 0 Å². The summed E-state index contributed by atoms with van der Waals surface area (Å²) in [7, 11) is 0. The minimum atomic E-state index is 0.669. The van der Waals surface area contributed by atoms with Gasteiger partial charge in [0.05, 0.1) is 18.5 Å². The van der Waals surface area contributed by atoms with Crippen molar-refractivity contribution in [2.45, 2.75) is 26.2 Å². The third kappa shape index (κ3) is 2.85. The summed E-state index contributed by atoms with van der Waals surface area (Å²) in [5, 5.41) is 3.40. The zero-order valence-electron chi connectivity index (χ0n) is 9.20. The van der Waals surface area contributed by atoms with E-state index in [0.29, 0.717) is 12.5 Å². The predicted molar refractivity (Wildman–Crippen MR) is 61.2 cm³/mol. The molecular formula is C12H18N2O. The molecule has 1 aromatic heterocycles. The molecule has 0 unspecified atom stereocenters. The van der Waals surface area contributed by atoms with Crippen LogP contribution in [0, 0.1) is 5.92 Å². The van der Waals surface area contributed by atoms with Gasteiger partial charge in [-0.1, -0.05) is 6.42 Å². The molecule has 0 radical (unpaired) electrons. The van der Waals surface area contributed by atoms with E-state index in [9.17, 15) is 0 Å². The zero-order valence-corrected chi connectivity index (χ0v) is 9.20. The Morgan fingerprint density at radius 2 is 2.33 bits per heavy atom. The third-order valence-electron chi connectivity index (χ3n) is 2.85. The van der Waals surface area contributed by atoms with Crippen molar-refractivity contribution in [1.29, 1.82) is 0 Å². The molecule has 3 nitrogen and oxygen atoms in total. The van der Waals surface area contributed by atoms with Gasteiger partial charge in [0.1, 0.15) is 0 Å². The van der Waals surface area contributed by atoms with Crippen molar-refractivity contribution in [3.8, 4) is 5.88 Å². The fraction of sp³-hybridized carbons (Fsp3) is 0.583. The van der Waals surface area contributed by atoms with Crippen LogP contribution in [-0.4, -0.2) is 18.1 Å². The lowest BCUT2D eigenvalue weighted by molar-refractivity contribution is 0.326. The molecule has 0 atom stereocenters. The van der Waals surface area contributed by atoms with Gasteiger partial charge < -0.3 is 10.1 Å². The number of ether oxygens (including phenoxy) is 1. The van der Waals surface area contributed by atoms with Crippen molar-refractivity contribution < 1.29 is 4.74 Å². The molecule has 0 saturated heterocycles. The molecule has 3 heteroatoms. The van der Waals surface area contributed by atoms with Crippen molar-refractivity contribution >= 4 is 5.69 Å². The molecule has 1 aromatic rings. The highest BCUT2D eigenvalue weighted by molar-refractivity contribution is 5.42. The number of hydrogen-bond acceptors (Lipinski definition) is 3. The van der Waals surface area contributed by atoms with Crippen LogP contribution in [0.3, 0.4) is 0 Å². The highest BCUT2D eigenvalue weighted by Crippen LogP contribution is 2.26. The Bertz CT molecular complexity index is 293. The number of rotatable bonds is 5. The third-order valence-corrected chi connectivity index (χ3v) is 2.85. The largest absolute Gasteiger partial charge is 0.478 e. The monoisotopic (exact) mass is 206 g/mol. The molecule has 1 N–H and O–H groups in total. The molecule has 2 rings (SSSR count). The molecule has 15 heavy (non-hydrogen) atoms. The summed E-state index contributed by atoms with van der Waals surface area (Å²) < 4.78 is 5.28. The first-order chi connectivity index (χ1) is 7.38. The average molecular weight is 206 g/mol. The molecule has 1 heterocycles. The first kappa shape index (κ1) is 10.3. The van der Waals surface area contributed by atoms with E-state index < -0.39 is 0 Å². The Morgan fingerprint density at radius 3 is 2.87 bits per heavy atom. The van der Waals surface area contributed by atoms with Gasteiger partial charge in [0.25, 0.3) is 0 Å². The summed E-state index contributed by atoms with van der Waals surface area (Å²) in [4.78, 5) is 4.21. The van der Waals surface area contributed by atoms with Gasteiger partial charge in [-0.15, -0.1) is 0 Å². The van der Waals surface area contributed by atoms with Crippen LogP contribution in [0.15, 0.2) is 18.3 Å². The number of nitrogens with zero attached hydrogens (tertiary/aromatic N) is 1. The van der Waals surface area contributed by atoms with Crippen LogP contribution in [0.1, 0.15) is 26.2 Å². The fourth-order valence-electron chi connectivity index (χ4n) is 1.68. The maximum absolute atomic E-state index is 5.28. The molecule has 1 fully saturated rings. The van der Waals surface area contributed by atoms with Crippen molar-refractivity contribution in [2.75, 3.05) is 18.5 Å². The lowest BCUT2D eigenvalue weighted by Gasteiger charge is -2.25.